The summed E-state index contributed by atoms with van der Waals surface area (Å²) in [6.07, 6.45) is 3.69. The summed E-state index contributed by atoms with van der Waals surface area (Å²) < 4.78 is 42.3. The molecule has 0 radical (unpaired) electrons. The average Bonchev–Trinajstić information content (AvgIpc) is 2.86. The Kier molecular flexibility index (Phi) is 19.2. The Hall–Kier alpha value is -1.27. The molecule has 12 nitrogen and oxygen atoms in total. The Labute approximate surface area is 206 Å². The van der Waals surface area contributed by atoms with E-state index in [0.29, 0.717) is 51.2 Å². The molecule has 0 aromatic rings. The molecule has 34 heavy (non-hydrogen) atoms. The van der Waals surface area contributed by atoms with Crippen LogP contribution in [0, 0.1) is 0 Å². The van der Waals surface area contributed by atoms with Crippen molar-refractivity contribution < 1.29 is 45.6 Å². The van der Waals surface area contributed by atoms with Crippen LogP contribution in [0.5, 0.6) is 0 Å². The first-order valence-corrected chi connectivity index (χ1v) is 15.3. The predicted molar refractivity (Wildman–Crippen MR) is 130 cm³/mol. The van der Waals surface area contributed by atoms with E-state index in [1.807, 2.05) is 0 Å². The molecule has 0 aromatic carbocycles. The number of nitrogens with one attached hydrogen (secondary N) is 2. The van der Waals surface area contributed by atoms with Crippen molar-refractivity contribution >= 4 is 29.8 Å². The molecule has 0 spiro atoms. The number of carbonyl (C=O) groups excluding carboxylic acids is 2. The van der Waals surface area contributed by atoms with E-state index in [0.717, 1.165) is 25.7 Å². The van der Waals surface area contributed by atoms with Crippen molar-refractivity contribution in [1.82, 2.24) is 10.6 Å². The van der Waals surface area contributed by atoms with Gasteiger partial charge in [0.1, 0.15) is 0 Å². The van der Waals surface area contributed by atoms with E-state index in [4.69, 9.17) is 36.0 Å². The van der Waals surface area contributed by atoms with Gasteiger partial charge in [-0.25, -0.2) is 9.59 Å². The van der Waals surface area contributed by atoms with Gasteiger partial charge in [0.2, 0.25) is 0 Å². The minimum atomic E-state index is -2.60. The zero-order valence-corrected chi connectivity index (χ0v) is 23.6. The van der Waals surface area contributed by atoms with E-state index in [1.54, 1.807) is 42.7 Å². The highest BCUT2D eigenvalue weighted by molar-refractivity contribution is 6.60. The third-order valence-electron chi connectivity index (χ3n) is 5.23. The minimum absolute atomic E-state index is 0.343. The second-order valence-corrected chi connectivity index (χ2v) is 13.5. The van der Waals surface area contributed by atoms with E-state index in [9.17, 15) is 9.59 Å². The van der Waals surface area contributed by atoms with Crippen molar-refractivity contribution in [3.63, 3.8) is 0 Å². The molecule has 0 aliphatic rings. The van der Waals surface area contributed by atoms with Crippen molar-refractivity contribution in [3.05, 3.63) is 0 Å². The van der Waals surface area contributed by atoms with Gasteiger partial charge in [-0.3, -0.25) is 0 Å². The summed E-state index contributed by atoms with van der Waals surface area (Å²) in [6.45, 7) is 1.60. The summed E-state index contributed by atoms with van der Waals surface area (Å²) in [4.78, 5) is 23.4. The maximum absolute atomic E-state index is 11.7. The molecule has 2 amide bonds. The van der Waals surface area contributed by atoms with Gasteiger partial charge in [0, 0.05) is 67.8 Å². The molecule has 2 N–H and O–H groups in total. The van der Waals surface area contributed by atoms with Crippen LogP contribution in [0.4, 0.5) is 9.59 Å². The van der Waals surface area contributed by atoms with E-state index >= 15 is 0 Å². The van der Waals surface area contributed by atoms with Gasteiger partial charge in [0.15, 0.2) is 0 Å². The number of hydrogen-bond donors (Lipinski definition) is 2. The van der Waals surface area contributed by atoms with Crippen LogP contribution in [0.15, 0.2) is 0 Å². The number of amides is 2. The van der Waals surface area contributed by atoms with Crippen molar-refractivity contribution in [3.8, 4) is 0 Å². The summed E-state index contributed by atoms with van der Waals surface area (Å²) >= 11 is 0. The van der Waals surface area contributed by atoms with Gasteiger partial charge in [0.05, 0.1) is 13.2 Å². The molecular weight excluding hydrogens is 484 g/mol. The fourth-order valence-corrected chi connectivity index (χ4v) is 6.54. The van der Waals surface area contributed by atoms with Crippen LogP contribution in [0.25, 0.3) is 0 Å². The molecule has 0 saturated heterocycles. The molecule has 14 heteroatoms. The quantitative estimate of drug-likeness (QED) is 0.169. The fraction of sp³-hybridized carbons (Fsp3) is 0.900. The molecule has 0 aromatic heterocycles. The second kappa shape index (κ2) is 20.0. The third-order valence-corrected chi connectivity index (χ3v) is 10.9. The van der Waals surface area contributed by atoms with E-state index in [1.165, 1.54) is 0 Å². The van der Waals surface area contributed by atoms with Crippen molar-refractivity contribution in [2.75, 3.05) is 69.0 Å². The van der Waals surface area contributed by atoms with Gasteiger partial charge in [-0.1, -0.05) is 0 Å². The summed E-state index contributed by atoms with van der Waals surface area (Å²) in [7, 11) is 4.15. The lowest BCUT2D eigenvalue weighted by Crippen LogP contribution is -2.43. The first-order chi connectivity index (χ1) is 16.4. The molecule has 0 rings (SSSR count). The van der Waals surface area contributed by atoms with E-state index in [-0.39, 0.29) is 0 Å². The van der Waals surface area contributed by atoms with Crippen LogP contribution in [-0.2, 0) is 36.0 Å². The van der Waals surface area contributed by atoms with E-state index < -0.39 is 29.8 Å². The SMILES string of the molecule is CO[Si](CCCNC(=O)OCCCCCCOC(=O)NCCC[Si](OC)(OC)OC)(OC)OC. The van der Waals surface area contributed by atoms with Crippen LogP contribution in [0.1, 0.15) is 38.5 Å². The van der Waals surface area contributed by atoms with Crippen LogP contribution in [0.3, 0.4) is 0 Å². The fourth-order valence-electron chi connectivity index (χ4n) is 3.09. The number of unbranched alkanes of at least 4 members (excludes halogenated alkanes) is 3. The summed E-state index contributed by atoms with van der Waals surface area (Å²) in [5.74, 6) is 0. The van der Waals surface area contributed by atoms with Gasteiger partial charge in [0.25, 0.3) is 0 Å². The van der Waals surface area contributed by atoms with Gasteiger partial charge in [-0.15, -0.1) is 0 Å². The summed E-state index contributed by atoms with van der Waals surface area (Å²) in [5, 5.41) is 5.40. The second-order valence-electron chi connectivity index (χ2n) is 7.34. The van der Waals surface area contributed by atoms with Crippen LogP contribution >= 0.6 is 0 Å². The number of alkyl carbamates (subject to hydrolysis) is 2. The Morgan fingerprint density at radius 1 is 0.529 bits per heavy atom. The number of rotatable bonds is 21. The molecule has 0 bridgehead atoms. The lowest BCUT2D eigenvalue weighted by atomic mass is 10.2. The van der Waals surface area contributed by atoms with Gasteiger partial charge in [-0.2, -0.15) is 0 Å². The van der Waals surface area contributed by atoms with Crippen molar-refractivity contribution in [1.29, 1.82) is 0 Å². The highest BCUT2D eigenvalue weighted by Gasteiger charge is 2.37. The maximum Gasteiger partial charge on any atom is 0.500 e. The Morgan fingerprint density at radius 2 is 0.853 bits per heavy atom. The number of hydrogen-bond acceptors (Lipinski definition) is 10. The number of ether oxygens (including phenoxy) is 2. The largest absolute Gasteiger partial charge is 0.500 e. The normalized spacial score (nSPS) is 11.8. The van der Waals surface area contributed by atoms with E-state index in [2.05, 4.69) is 10.6 Å². The lowest BCUT2D eigenvalue weighted by Gasteiger charge is -2.24. The van der Waals surface area contributed by atoms with Gasteiger partial charge < -0.3 is 46.7 Å². The molecule has 0 unspecified atom stereocenters. The van der Waals surface area contributed by atoms with Crippen LogP contribution in [0.2, 0.25) is 12.1 Å². The molecule has 0 aliphatic heterocycles. The van der Waals surface area contributed by atoms with Crippen LogP contribution in [-0.4, -0.2) is 98.8 Å². The molecule has 0 atom stereocenters. The standard InChI is InChI=1S/C20H44N2O10Si2/c1-25-33(26-2,27-3)17-11-13-21-19(23)31-15-9-7-8-10-16-32-20(24)22-14-12-18-34(28-4,29-5)30-6/h7-18H2,1-6H3,(H,21,23)(H,22,24). The van der Waals surface area contributed by atoms with Crippen molar-refractivity contribution in [2.45, 2.75) is 50.6 Å². The lowest BCUT2D eigenvalue weighted by molar-refractivity contribution is 0.121. The van der Waals surface area contributed by atoms with Gasteiger partial charge in [-0.05, 0) is 38.5 Å². The Balaban J connectivity index is 3.62. The predicted octanol–water partition coefficient (Wildman–Crippen LogP) is 2.54. The zero-order chi connectivity index (χ0) is 25.7. The molecule has 202 valence electrons. The Bertz CT molecular complexity index is 475. The van der Waals surface area contributed by atoms with Gasteiger partial charge >= 0.3 is 29.8 Å². The maximum atomic E-state index is 11.7. The average molecular weight is 529 g/mol. The summed E-state index contributed by atoms with van der Waals surface area (Å²) in [6, 6.07) is 1.21. The first-order valence-electron chi connectivity index (χ1n) is 11.5. The monoisotopic (exact) mass is 528 g/mol. The molecule has 0 heterocycles. The first kappa shape index (κ1) is 32.7. The molecule has 0 fully saturated rings. The summed E-state index contributed by atoms with van der Waals surface area (Å²) in [5.41, 5.74) is 0. The Morgan fingerprint density at radius 3 is 1.15 bits per heavy atom. The zero-order valence-electron chi connectivity index (χ0n) is 21.6. The highest BCUT2D eigenvalue weighted by atomic mass is 28.4. The molecule has 0 aliphatic carbocycles. The minimum Gasteiger partial charge on any atom is -0.450 e. The molecular formula is C20H44N2O10Si2. The third kappa shape index (κ3) is 14.2. The number of carbonyl (C=O) groups is 2. The molecule has 0 saturated carbocycles. The smallest absolute Gasteiger partial charge is 0.450 e. The van der Waals surface area contributed by atoms with Crippen LogP contribution < -0.4 is 10.6 Å². The topological polar surface area (TPSA) is 132 Å². The van der Waals surface area contributed by atoms with Crippen molar-refractivity contribution in [2.24, 2.45) is 0 Å². The highest BCUT2D eigenvalue weighted by Crippen LogP contribution is 2.15.